The Kier molecular flexibility index (Phi) is 5.31. The van der Waals surface area contributed by atoms with E-state index < -0.39 is 6.10 Å². The lowest BCUT2D eigenvalue weighted by Gasteiger charge is -2.34. The van der Waals surface area contributed by atoms with Crippen LogP contribution in [-0.4, -0.2) is 47.2 Å². The van der Waals surface area contributed by atoms with E-state index in [1.165, 1.54) is 28.6 Å². The van der Waals surface area contributed by atoms with Gasteiger partial charge in [0.1, 0.15) is 21.4 Å². The highest BCUT2D eigenvalue weighted by atomic mass is 32.2. The van der Waals surface area contributed by atoms with E-state index in [-0.39, 0.29) is 24.1 Å². The molecule has 3 aromatic rings. The maximum Gasteiger partial charge on any atom is 0.262 e. The predicted octanol–water partition coefficient (Wildman–Crippen LogP) is 3.12. The standard InChI is InChI=1S/C22H22N4O3S2/c1-12-24-21(19-13-6-5-9-17(13)31-22(19)25-12)30-11-18(27)26-10-16(20(28)23-2)29-15-8-4-3-7-14(15)26/h3-4,7-8,16H,5-6,9-11H2,1-2H3,(H,23,28). The lowest BCUT2D eigenvalue weighted by molar-refractivity contribution is -0.127. The van der Waals surface area contributed by atoms with Crippen molar-refractivity contribution in [2.45, 2.75) is 37.3 Å². The van der Waals surface area contributed by atoms with Crippen LogP contribution in [-0.2, 0) is 22.4 Å². The molecule has 1 aromatic carbocycles. The Morgan fingerprint density at radius 3 is 2.97 bits per heavy atom. The smallest absolute Gasteiger partial charge is 0.262 e. The van der Waals surface area contributed by atoms with E-state index in [9.17, 15) is 9.59 Å². The third-order valence-corrected chi connectivity index (χ3v) is 7.74. The van der Waals surface area contributed by atoms with Crippen molar-refractivity contribution < 1.29 is 14.3 Å². The number of nitrogens with zero attached hydrogens (tertiary/aromatic N) is 3. The van der Waals surface area contributed by atoms with Crippen molar-refractivity contribution in [3.8, 4) is 5.75 Å². The van der Waals surface area contributed by atoms with Crippen molar-refractivity contribution in [2.24, 2.45) is 0 Å². The van der Waals surface area contributed by atoms with Gasteiger partial charge >= 0.3 is 0 Å². The molecule has 0 saturated carbocycles. The Labute approximate surface area is 188 Å². The fraction of sp³-hybridized carbons (Fsp3) is 0.364. The number of rotatable bonds is 4. The molecule has 0 fully saturated rings. The Balaban J connectivity index is 1.41. The number of anilines is 1. The first-order chi connectivity index (χ1) is 15.0. The zero-order valence-electron chi connectivity index (χ0n) is 17.3. The molecular formula is C22H22N4O3S2. The number of nitrogens with one attached hydrogen (secondary N) is 1. The molecule has 0 saturated heterocycles. The summed E-state index contributed by atoms with van der Waals surface area (Å²) in [5, 5.41) is 4.60. The molecule has 1 aliphatic heterocycles. The minimum atomic E-state index is -0.734. The first-order valence-electron chi connectivity index (χ1n) is 10.2. The van der Waals surface area contributed by atoms with Crippen LogP contribution in [0.5, 0.6) is 5.75 Å². The van der Waals surface area contributed by atoms with Gasteiger partial charge in [-0.2, -0.15) is 0 Å². The van der Waals surface area contributed by atoms with E-state index in [0.717, 1.165) is 33.9 Å². The molecule has 31 heavy (non-hydrogen) atoms. The molecular weight excluding hydrogens is 432 g/mol. The second kappa shape index (κ2) is 8.12. The SMILES string of the molecule is CNC(=O)C1CN(C(=O)CSc2nc(C)nc3sc4c(c23)CCC4)c2ccccc2O1. The number of carbonyl (C=O) groups is 2. The van der Waals surface area contributed by atoms with E-state index in [0.29, 0.717) is 11.4 Å². The Morgan fingerprint density at radius 1 is 1.29 bits per heavy atom. The topological polar surface area (TPSA) is 84.4 Å². The van der Waals surface area contributed by atoms with Crippen LogP contribution in [0.2, 0.25) is 0 Å². The largest absolute Gasteiger partial charge is 0.477 e. The third kappa shape index (κ3) is 3.65. The van der Waals surface area contributed by atoms with Crippen molar-refractivity contribution in [1.82, 2.24) is 15.3 Å². The summed E-state index contributed by atoms with van der Waals surface area (Å²) in [4.78, 5) is 38.8. The number of hydrogen-bond acceptors (Lipinski definition) is 7. The van der Waals surface area contributed by atoms with Crippen LogP contribution in [0.4, 0.5) is 5.69 Å². The van der Waals surface area contributed by atoms with Gasteiger partial charge in [0.2, 0.25) is 5.91 Å². The molecule has 1 aliphatic carbocycles. The molecule has 5 rings (SSSR count). The number of likely N-dealkylation sites (N-methyl/N-ethyl adjacent to an activating group) is 1. The number of carbonyl (C=O) groups excluding carboxylic acids is 2. The van der Waals surface area contributed by atoms with E-state index in [2.05, 4.69) is 15.3 Å². The fourth-order valence-electron chi connectivity index (χ4n) is 4.14. The molecule has 0 radical (unpaired) electrons. The van der Waals surface area contributed by atoms with Gasteiger partial charge in [0.25, 0.3) is 5.91 Å². The average molecular weight is 455 g/mol. The number of amides is 2. The Bertz CT molecular complexity index is 1190. The highest BCUT2D eigenvalue weighted by molar-refractivity contribution is 8.00. The molecule has 0 spiro atoms. The van der Waals surface area contributed by atoms with Gasteiger partial charge < -0.3 is 15.0 Å². The summed E-state index contributed by atoms with van der Waals surface area (Å²) in [7, 11) is 1.57. The molecule has 2 amide bonds. The monoisotopic (exact) mass is 454 g/mol. The lowest BCUT2D eigenvalue weighted by Crippen LogP contribution is -2.50. The number of thioether (sulfide) groups is 1. The van der Waals surface area contributed by atoms with Crippen LogP contribution in [0.1, 0.15) is 22.7 Å². The van der Waals surface area contributed by atoms with Gasteiger partial charge in [-0.25, -0.2) is 9.97 Å². The minimum absolute atomic E-state index is 0.0778. The normalized spacial score (nSPS) is 17.2. The molecule has 1 N–H and O–H groups in total. The second-order valence-electron chi connectivity index (χ2n) is 7.59. The summed E-state index contributed by atoms with van der Waals surface area (Å²) >= 11 is 3.20. The first kappa shape index (κ1) is 20.3. The maximum atomic E-state index is 13.3. The number of ether oxygens (including phenoxy) is 1. The number of benzene rings is 1. The highest BCUT2D eigenvalue weighted by Gasteiger charge is 2.33. The van der Waals surface area contributed by atoms with Gasteiger partial charge in [0.05, 0.1) is 18.0 Å². The molecule has 0 bridgehead atoms. The summed E-state index contributed by atoms with van der Waals surface area (Å²) in [5.74, 6) is 1.16. The zero-order chi connectivity index (χ0) is 21.5. The predicted molar refractivity (Wildman–Crippen MR) is 122 cm³/mol. The molecule has 1 atom stereocenters. The van der Waals surface area contributed by atoms with Gasteiger partial charge in [-0.1, -0.05) is 23.9 Å². The van der Waals surface area contributed by atoms with E-state index in [1.807, 2.05) is 25.1 Å². The van der Waals surface area contributed by atoms with Gasteiger partial charge in [-0.05, 0) is 43.9 Å². The number of aryl methyl sites for hydroxylation is 3. The summed E-state index contributed by atoms with van der Waals surface area (Å²) < 4.78 is 5.81. The number of fused-ring (bicyclic) bond motifs is 4. The van der Waals surface area contributed by atoms with E-state index in [1.54, 1.807) is 29.4 Å². The summed E-state index contributed by atoms with van der Waals surface area (Å²) in [6.45, 7) is 2.07. The van der Waals surface area contributed by atoms with Crippen molar-refractivity contribution in [1.29, 1.82) is 0 Å². The summed E-state index contributed by atoms with van der Waals surface area (Å²) in [6.07, 6.45) is 2.58. The molecule has 7 nitrogen and oxygen atoms in total. The highest BCUT2D eigenvalue weighted by Crippen LogP contribution is 2.41. The second-order valence-corrected chi connectivity index (χ2v) is 9.64. The van der Waals surface area contributed by atoms with Crippen LogP contribution >= 0.6 is 23.1 Å². The number of thiophene rings is 1. The quantitative estimate of drug-likeness (QED) is 0.482. The molecule has 3 heterocycles. The van der Waals surface area contributed by atoms with E-state index in [4.69, 9.17) is 4.74 Å². The van der Waals surface area contributed by atoms with Crippen LogP contribution < -0.4 is 15.0 Å². The van der Waals surface area contributed by atoms with Crippen LogP contribution in [0, 0.1) is 6.92 Å². The Morgan fingerprint density at radius 2 is 2.13 bits per heavy atom. The average Bonchev–Trinajstić information content (AvgIpc) is 3.36. The van der Waals surface area contributed by atoms with Gasteiger partial charge in [-0.3, -0.25) is 9.59 Å². The van der Waals surface area contributed by atoms with Gasteiger partial charge in [0, 0.05) is 17.3 Å². The fourth-order valence-corrected chi connectivity index (χ4v) is 6.49. The molecule has 160 valence electrons. The first-order valence-corrected chi connectivity index (χ1v) is 12.0. The van der Waals surface area contributed by atoms with E-state index >= 15 is 0 Å². The molecule has 2 aliphatic rings. The summed E-state index contributed by atoms with van der Waals surface area (Å²) in [6, 6.07) is 7.32. The molecule has 2 aromatic heterocycles. The Hall–Kier alpha value is -2.65. The number of aromatic nitrogens is 2. The van der Waals surface area contributed by atoms with Crippen molar-refractivity contribution in [2.75, 3.05) is 24.2 Å². The summed E-state index contributed by atoms with van der Waals surface area (Å²) in [5.41, 5.74) is 2.04. The third-order valence-electron chi connectivity index (χ3n) is 5.59. The number of para-hydroxylation sites is 2. The van der Waals surface area contributed by atoms with Gasteiger partial charge in [-0.15, -0.1) is 11.3 Å². The van der Waals surface area contributed by atoms with Crippen LogP contribution in [0.3, 0.4) is 0 Å². The lowest BCUT2D eigenvalue weighted by atomic mass is 10.2. The molecule has 9 heteroatoms. The van der Waals surface area contributed by atoms with Crippen LogP contribution in [0.25, 0.3) is 10.2 Å². The number of hydrogen-bond donors (Lipinski definition) is 1. The zero-order valence-corrected chi connectivity index (χ0v) is 18.9. The van der Waals surface area contributed by atoms with Gasteiger partial charge in [0.15, 0.2) is 6.10 Å². The van der Waals surface area contributed by atoms with Crippen molar-refractivity contribution in [3.63, 3.8) is 0 Å². The maximum absolute atomic E-state index is 13.3. The van der Waals surface area contributed by atoms with Crippen molar-refractivity contribution in [3.05, 3.63) is 40.5 Å². The van der Waals surface area contributed by atoms with Crippen LogP contribution in [0.15, 0.2) is 29.3 Å². The minimum Gasteiger partial charge on any atom is -0.477 e. The van der Waals surface area contributed by atoms with Crippen molar-refractivity contribution >= 4 is 50.8 Å². The molecule has 1 unspecified atom stereocenters.